The number of benzene rings is 2. The molecule has 12 heteroatoms. The van der Waals surface area contributed by atoms with E-state index in [0.29, 0.717) is 21.5 Å². The van der Waals surface area contributed by atoms with Crippen LogP contribution in [0.5, 0.6) is 11.5 Å². The molecule has 1 N–H and O–H groups in total. The Bertz CT molecular complexity index is 945. The fourth-order valence-electron chi connectivity index (χ4n) is 2.18. The highest BCUT2D eigenvalue weighted by Crippen LogP contribution is 2.35. The minimum atomic E-state index is -0.845. The summed E-state index contributed by atoms with van der Waals surface area (Å²) in [6, 6.07) is 5.88. The van der Waals surface area contributed by atoms with E-state index in [-0.39, 0.29) is 5.56 Å². The molecule has 0 aliphatic heterocycles. The van der Waals surface area contributed by atoms with Crippen molar-refractivity contribution in [3.63, 3.8) is 0 Å². The van der Waals surface area contributed by atoms with E-state index in [2.05, 4.69) is 26.5 Å². The Labute approximate surface area is 166 Å². The molecule has 0 aliphatic rings. The SMILES string of the molecule is COc1cc(/C=N/NC(=O)c2cc([N+](=O)[O-])cc([N+](=O)[O-])c2)cc(Br)c1OC. The Morgan fingerprint density at radius 1 is 1.07 bits per heavy atom. The second-order valence-electron chi connectivity index (χ2n) is 5.19. The van der Waals surface area contributed by atoms with E-state index in [4.69, 9.17) is 9.47 Å². The summed E-state index contributed by atoms with van der Waals surface area (Å²) in [5, 5.41) is 25.5. The summed E-state index contributed by atoms with van der Waals surface area (Å²) in [7, 11) is 2.94. The minimum Gasteiger partial charge on any atom is -0.493 e. The van der Waals surface area contributed by atoms with Gasteiger partial charge in [-0.25, -0.2) is 5.43 Å². The zero-order valence-corrected chi connectivity index (χ0v) is 16.1. The lowest BCUT2D eigenvalue weighted by molar-refractivity contribution is -0.394. The largest absolute Gasteiger partial charge is 0.493 e. The van der Waals surface area contributed by atoms with Crippen molar-refractivity contribution in [2.24, 2.45) is 5.10 Å². The maximum Gasteiger partial charge on any atom is 0.277 e. The Morgan fingerprint density at radius 2 is 1.68 bits per heavy atom. The number of nitro groups is 2. The molecular formula is C16H13BrN4O7. The van der Waals surface area contributed by atoms with Crippen LogP contribution in [0.4, 0.5) is 11.4 Å². The quantitative estimate of drug-likeness (QED) is 0.385. The normalized spacial score (nSPS) is 10.5. The Morgan fingerprint density at radius 3 is 2.18 bits per heavy atom. The fourth-order valence-corrected chi connectivity index (χ4v) is 2.80. The summed E-state index contributed by atoms with van der Waals surface area (Å²) in [6.07, 6.45) is 1.30. The highest BCUT2D eigenvalue weighted by molar-refractivity contribution is 9.10. The lowest BCUT2D eigenvalue weighted by Crippen LogP contribution is -2.18. The lowest BCUT2D eigenvalue weighted by Gasteiger charge is -2.10. The maximum atomic E-state index is 12.2. The van der Waals surface area contributed by atoms with Gasteiger partial charge in [-0.3, -0.25) is 25.0 Å². The van der Waals surface area contributed by atoms with Crippen LogP contribution in [0.15, 0.2) is 39.9 Å². The first-order chi connectivity index (χ1) is 13.3. The number of carbonyl (C=O) groups excluding carboxylic acids is 1. The van der Waals surface area contributed by atoms with Gasteiger partial charge in [-0.2, -0.15) is 5.10 Å². The van der Waals surface area contributed by atoms with E-state index < -0.39 is 27.1 Å². The third-order valence-electron chi connectivity index (χ3n) is 3.42. The molecule has 0 radical (unpaired) electrons. The van der Waals surface area contributed by atoms with Gasteiger partial charge in [0.25, 0.3) is 17.3 Å². The van der Waals surface area contributed by atoms with E-state index in [9.17, 15) is 25.0 Å². The average molecular weight is 453 g/mol. The highest BCUT2D eigenvalue weighted by atomic mass is 79.9. The van der Waals surface area contributed by atoms with Crippen LogP contribution in [-0.4, -0.2) is 36.2 Å². The van der Waals surface area contributed by atoms with Gasteiger partial charge in [-0.1, -0.05) is 0 Å². The first kappa shape index (κ1) is 20.8. The van der Waals surface area contributed by atoms with Gasteiger partial charge in [0.2, 0.25) is 0 Å². The number of nitrogens with zero attached hydrogens (tertiary/aromatic N) is 3. The molecule has 0 unspecified atom stereocenters. The molecule has 28 heavy (non-hydrogen) atoms. The van der Waals surface area contributed by atoms with Crippen molar-refractivity contribution in [2.75, 3.05) is 14.2 Å². The number of halogens is 1. The van der Waals surface area contributed by atoms with Crippen LogP contribution in [0.2, 0.25) is 0 Å². The van der Waals surface area contributed by atoms with Crippen LogP contribution in [0.1, 0.15) is 15.9 Å². The zero-order valence-electron chi connectivity index (χ0n) is 14.5. The van der Waals surface area contributed by atoms with Crippen molar-refractivity contribution in [3.05, 3.63) is 66.2 Å². The number of carbonyl (C=O) groups is 1. The molecule has 146 valence electrons. The van der Waals surface area contributed by atoms with Crippen molar-refractivity contribution < 1.29 is 24.1 Å². The molecule has 1 amide bonds. The van der Waals surface area contributed by atoms with Crippen LogP contribution < -0.4 is 14.9 Å². The van der Waals surface area contributed by atoms with Crippen molar-refractivity contribution in [1.29, 1.82) is 0 Å². The van der Waals surface area contributed by atoms with Gasteiger partial charge in [0.15, 0.2) is 11.5 Å². The predicted molar refractivity (Wildman–Crippen MR) is 102 cm³/mol. The van der Waals surface area contributed by atoms with E-state index in [1.807, 2.05) is 0 Å². The minimum absolute atomic E-state index is 0.272. The van der Waals surface area contributed by atoms with Crippen LogP contribution >= 0.6 is 15.9 Å². The molecule has 2 aromatic carbocycles. The molecule has 0 heterocycles. The summed E-state index contributed by atoms with van der Waals surface area (Å²) in [6.45, 7) is 0. The van der Waals surface area contributed by atoms with Crippen LogP contribution in [-0.2, 0) is 0 Å². The third-order valence-corrected chi connectivity index (χ3v) is 4.01. The molecule has 0 atom stereocenters. The number of nitrogens with one attached hydrogen (secondary N) is 1. The lowest BCUT2D eigenvalue weighted by atomic mass is 10.1. The number of rotatable bonds is 7. The monoisotopic (exact) mass is 452 g/mol. The first-order valence-corrected chi connectivity index (χ1v) is 8.25. The molecule has 0 aromatic heterocycles. The van der Waals surface area contributed by atoms with Gasteiger partial charge in [0.05, 0.1) is 46.4 Å². The van der Waals surface area contributed by atoms with Gasteiger partial charge < -0.3 is 9.47 Å². The van der Waals surface area contributed by atoms with Gasteiger partial charge in [-0.15, -0.1) is 0 Å². The molecule has 0 saturated heterocycles. The van der Waals surface area contributed by atoms with Crippen molar-refractivity contribution >= 4 is 39.4 Å². The van der Waals surface area contributed by atoms with Crippen molar-refractivity contribution in [3.8, 4) is 11.5 Å². The first-order valence-electron chi connectivity index (χ1n) is 7.45. The number of hydrogen-bond acceptors (Lipinski definition) is 8. The van der Waals surface area contributed by atoms with Gasteiger partial charge in [-0.05, 0) is 33.6 Å². The summed E-state index contributed by atoms with van der Waals surface area (Å²) in [5.41, 5.74) is 1.29. The van der Waals surface area contributed by atoms with Gasteiger partial charge in [0, 0.05) is 12.1 Å². The summed E-state index contributed by atoms with van der Waals surface area (Å²) in [4.78, 5) is 32.3. The van der Waals surface area contributed by atoms with E-state index in [0.717, 1.165) is 18.2 Å². The Balaban J connectivity index is 2.23. The van der Waals surface area contributed by atoms with Crippen LogP contribution in [0.3, 0.4) is 0 Å². The number of amides is 1. The molecule has 0 bridgehead atoms. The number of hydrogen-bond donors (Lipinski definition) is 1. The Hall–Kier alpha value is -3.54. The van der Waals surface area contributed by atoms with E-state index in [1.54, 1.807) is 12.1 Å². The summed E-state index contributed by atoms with van der Waals surface area (Å²) >= 11 is 3.32. The number of ether oxygens (including phenoxy) is 2. The molecule has 11 nitrogen and oxygen atoms in total. The summed E-state index contributed by atoms with van der Waals surface area (Å²) in [5.74, 6) is 0.0640. The van der Waals surface area contributed by atoms with E-state index >= 15 is 0 Å². The number of nitro benzene ring substituents is 2. The molecule has 2 aromatic rings. The molecule has 0 saturated carbocycles. The van der Waals surface area contributed by atoms with Crippen LogP contribution in [0, 0.1) is 20.2 Å². The standard InChI is InChI=1S/C16H13BrN4O7/c1-27-14-4-9(3-13(17)15(14)28-2)8-18-19-16(22)10-5-11(20(23)24)7-12(6-10)21(25)26/h3-8H,1-2H3,(H,19,22)/b18-8+. The van der Waals surface area contributed by atoms with Crippen LogP contribution in [0.25, 0.3) is 0 Å². The molecule has 0 aliphatic carbocycles. The third kappa shape index (κ3) is 4.79. The smallest absolute Gasteiger partial charge is 0.277 e. The fraction of sp³-hybridized carbons (Fsp3) is 0.125. The van der Waals surface area contributed by atoms with Crippen molar-refractivity contribution in [1.82, 2.24) is 5.43 Å². The second kappa shape index (κ2) is 8.90. The second-order valence-corrected chi connectivity index (χ2v) is 6.04. The number of hydrazone groups is 1. The summed E-state index contributed by atoms with van der Waals surface area (Å²) < 4.78 is 11.0. The topological polar surface area (TPSA) is 146 Å². The average Bonchev–Trinajstić information content (AvgIpc) is 2.66. The Kier molecular flexibility index (Phi) is 6.60. The number of methoxy groups -OCH3 is 2. The maximum absolute atomic E-state index is 12.2. The predicted octanol–water partition coefficient (Wildman–Crippen LogP) is 3.05. The van der Waals surface area contributed by atoms with Gasteiger partial charge >= 0.3 is 0 Å². The van der Waals surface area contributed by atoms with E-state index in [1.165, 1.54) is 20.4 Å². The van der Waals surface area contributed by atoms with Gasteiger partial charge in [0.1, 0.15) is 0 Å². The van der Waals surface area contributed by atoms with Crippen molar-refractivity contribution in [2.45, 2.75) is 0 Å². The number of non-ortho nitro benzene ring substituents is 2. The molecule has 0 fully saturated rings. The zero-order chi connectivity index (χ0) is 20.8. The molecular weight excluding hydrogens is 440 g/mol. The highest BCUT2D eigenvalue weighted by Gasteiger charge is 2.19. The molecule has 0 spiro atoms. The molecule has 2 rings (SSSR count).